The van der Waals surface area contributed by atoms with E-state index in [2.05, 4.69) is 25.7 Å². The van der Waals surface area contributed by atoms with Crippen LogP contribution in [0, 0.1) is 13.8 Å². The van der Waals surface area contributed by atoms with Gasteiger partial charge in [0.2, 0.25) is 0 Å². The van der Waals surface area contributed by atoms with E-state index in [0.717, 1.165) is 42.2 Å². The van der Waals surface area contributed by atoms with Crippen molar-refractivity contribution in [2.75, 3.05) is 6.54 Å². The van der Waals surface area contributed by atoms with Crippen LogP contribution in [0.5, 0.6) is 0 Å². The molecule has 0 aliphatic carbocycles. The normalized spacial score (nSPS) is 16.7. The van der Waals surface area contributed by atoms with Crippen molar-refractivity contribution in [2.45, 2.75) is 45.7 Å². The van der Waals surface area contributed by atoms with E-state index in [0.29, 0.717) is 13.1 Å². The Morgan fingerprint density at radius 1 is 1.43 bits per heavy atom. The highest BCUT2D eigenvalue weighted by atomic mass is 16.2. The summed E-state index contributed by atoms with van der Waals surface area (Å²) < 4.78 is 1.89. The lowest BCUT2D eigenvalue weighted by molar-refractivity contribution is 0.232. The van der Waals surface area contributed by atoms with Crippen LogP contribution in [-0.4, -0.2) is 38.4 Å². The summed E-state index contributed by atoms with van der Waals surface area (Å²) in [6.45, 7) is 5.15. The van der Waals surface area contributed by atoms with Gasteiger partial charge >= 0.3 is 6.03 Å². The maximum Gasteiger partial charge on any atom is 0.315 e. The highest BCUT2D eigenvalue weighted by Gasteiger charge is 2.22. The molecule has 0 bridgehead atoms. The Hall–Kier alpha value is -2.44. The fraction of sp³-hybridized carbons (Fsp3) is 0.500. The molecular formula is C16H22N6O. The van der Waals surface area contributed by atoms with Crippen LogP contribution < -0.4 is 10.6 Å². The predicted octanol–water partition coefficient (Wildman–Crippen LogP) is 1.15. The van der Waals surface area contributed by atoms with Crippen molar-refractivity contribution in [2.24, 2.45) is 0 Å². The Kier molecular flexibility index (Phi) is 4.55. The molecule has 1 aliphatic rings. The van der Waals surface area contributed by atoms with Crippen molar-refractivity contribution in [1.29, 1.82) is 0 Å². The second-order valence-corrected chi connectivity index (χ2v) is 5.89. The zero-order valence-corrected chi connectivity index (χ0v) is 13.5. The molecule has 0 radical (unpaired) electrons. The molecule has 2 N–H and O–H groups in total. The summed E-state index contributed by atoms with van der Waals surface area (Å²) in [4.78, 5) is 20.6. The second-order valence-electron chi connectivity index (χ2n) is 5.89. The zero-order valence-electron chi connectivity index (χ0n) is 13.5. The highest BCUT2D eigenvalue weighted by Crippen LogP contribution is 2.12. The third-order valence-electron chi connectivity index (χ3n) is 4.10. The molecule has 2 aromatic heterocycles. The van der Waals surface area contributed by atoms with Gasteiger partial charge in [0.25, 0.3) is 0 Å². The third-order valence-corrected chi connectivity index (χ3v) is 4.10. The van der Waals surface area contributed by atoms with Crippen LogP contribution in [0.25, 0.3) is 0 Å². The third kappa shape index (κ3) is 3.85. The SMILES string of the molecule is Cc1nc2n(n1)CC(NC(=O)NCCc1cccnc1C)CC2. The van der Waals surface area contributed by atoms with E-state index in [1.165, 1.54) is 0 Å². The molecule has 1 atom stereocenters. The first kappa shape index (κ1) is 15.5. The van der Waals surface area contributed by atoms with Crippen LogP contribution in [0.3, 0.4) is 0 Å². The molecule has 122 valence electrons. The number of carbonyl (C=O) groups excluding carboxylic acids is 1. The van der Waals surface area contributed by atoms with E-state index in [9.17, 15) is 4.79 Å². The number of nitrogens with one attached hydrogen (secondary N) is 2. The van der Waals surface area contributed by atoms with Crippen molar-refractivity contribution >= 4 is 6.03 Å². The Morgan fingerprint density at radius 2 is 2.30 bits per heavy atom. The number of aryl methyl sites for hydroxylation is 3. The van der Waals surface area contributed by atoms with Gasteiger partial charge in [0.15, 0.2) is 0 Å². The van der Waals surface area contributed by atoms with Gasteiger partial charge in [0.1, 0.15) is 11.6 Å². The van der Waals surface area contributed by atoms with E-state index >= 15 is 0 Å². The first-order valence-corrected chi connectivity index (χ1v) is 7.97. The molecule has 3 heterocycles. The van der Waals surface area contributed by atoms with E-state index in [1.807, 2.05) is 30.7 Å². The number of carbonyl (C=O) groups is 1. The first-order chi connectivity index (χ1) is 11.1. The van der Waals surface area contributed by atoms with Gasteiger partial charge in [-0.25, -0.2) is 14.5 Å². The lowest BCUT2D eigenvalue weighted by atomic mass is 10.1. The second kappa shape index (κ2) is 6.76. The summed E-state index contributed by atoms with van der Waals surface area (Å²) in [5.41, 5.74) is 2.17. The Balaban J connectivity index is 1.44. The Labute approximate surface area is 135 Å². The standard InChI is InChI=1S/C16H22N6O/c1-11-13(4-3-8-17-11)7-9-18-16(23)20-14-5-6-15-19-12(2)21-22(15)10-14/h3-4,8,14H,5-7,9-10H2,1-2H3,(H2,18,20,23). The molecule has 0 saturated carbocycles. The van der Waals surface area contributed by atoms with Crippen molar-refractivity contribution in [1.82, 2.24) is 30.4 Å². The van der Waals surface area contributed by atoms with Gasteiger partial charge in [-0.2, -0.15) is 5.10 Å². The zero-order chi connectivity index (χ0) is 16.2. The van der Waals surface area contributed by atoms with Gasteiger partial charge in [-0.15, -0.1) is 0 Å². The summed E-state index contributed by atoms with van der Waals surface area (Å²) in [6.07, 6.45) is 4.31. The summed E-state index contributed by atoms with van der Waals surface area (Å²) in [5, 5.41) is 10.3. The summed E-state index contributed by atoms with van der Waals surface area (Å²) in [7, 11) is 0. The number of pyridine rings is 1. The molecule has 0 saturated heterocycles. The fourth-order valence-corrected chi connectivity index (χ4v) is 2.88. The number of hydrogen-bond donors (Lipinski definition) is 2. The van der Waals surface area contributed by atoms with Gasteiger partial charge in [0.05, 0.1) is 12.6 Å². The molecule has 2 aromatic rings. The van der Waals surface area contributed by atoms with Crippen LogP contribution in [0.1, 0.15) is 29.3 Å². The van der Waals surface area contributed by atoms with Crippen molar-refractivity contribution in [3.63, 3.8) is 0 Å². The van der Waals surface area contributed by atoms with Gasteiger partial charge in [-0.05, 0) is 38.3 Å². The number of hydrogen-bond acceptors (Lipinski definition) is 4. The molecule has 0 fully saturated rings. The van der Waals surface area contributed by atoms with Gasteiger partial charge in [-0.3, -0.25) is 4.98 Å². The van der Waals surface area contributed by atoms with E-state index < -0.39 is 0 Å². The quantitative estimate of drug-likeness (QED) is 0.886. The van der Waals surface area contributed by atoms with Crippen LogP contribution >= 0.6 is 0 Å². The Morgan fingerprint density at radius 3 is 3.13 bits per heavy atom. The van der Waals surface area contributed by atoms with Gasteiger partial charge < -0.3 is 10.6 Å². The summed E-state index contributed by atoms with van der Waals surface area (Å²) in [5.74, 6) is 1.80. The predicted molar refractivity (Wildman–Crippen MR) is 86.1 cm³/mol. The van der Waals surface area contributed by atoms with Crippen molar-refractivity contribution in [3.05, 3.63) is 41.2 Å². The average Bonchev–Trinajstić information content (AvgIpc) is 2.88. The molecule has 7 nitrogen and oxygen atoms in total. The van der Waals surface area contributed by atoms with E-state index in [1.54, 1.807) is 6.20 Å². The van der Waals surface area contributed by atoms with Crippen molar-refractivity contribution in [3.8, 4) is 0 Å². The highest BCUT2D eigenvalue weighted by molar-refractivity contribution is 5.74. The smallest absolute Gasteiger partial charge is 0.315 e. The molecule has 1 aliphatic heterocycles. The number of amides is 2. The minimum Gasteiger partial charge on any atom is -0.338 e. The lowest BCUT2D eigenvalue weighted by Gasteiger charge is -2.23. The maximum absolute atomic E-state index is 12.0. The molecule has 0 spiro atoms. The van der Waals surface area contributed by atoms with Gasteiger partial charge in [0, 0.05) is 24.9 Å². The van der Waals surface area contributed by atoms with E-state index in [-0.39, 0.29) is 12.1 Å². The monoisotopic (exact) mass is 314 g/mol. The molecule has 23 heavy (non-hydrogen) atoms. The van der Waals surface area contributed by atoms with E-state index in [4.69, 9.17) is 0 Å². The molecule has 1 unspecified atom stereocenters. The molecule has 7 heteroatoms. The number of aromatic nitrogens is 4. The largest absolute Gasteiger partial charge is 0.338 e. The minimum atomic E-state index is -0.128. The summed E-state index contributed by atoms with van der Waals surface area (Å²) in [6, 6.07) is 3.93. The number of fused-ring (bicyclic) bond motifs is 1. The topological polar surface area (TPSA) is 84.7 Å². The van der Waals surface area contributed by atoms with Crippen LogP contribution in [0.2, 0.25) is 0 Å². The number of nitrogens with zero attached hydrogens (tertiary/aromatic N) is 4. The maximum atomic E-state index is 12.0. The first-order valence-electron chi connectivity index (χ1n) is 7.97. The van der Waals surface area contributed by atoms with Crippen LogP contribution in [-0.2, 0) is 19.4 Å². The molecule has 3 rings (SSSR count). The van der Waals surface area contributed by atoms with Crippen molar-refractivity contribution < 1.29 is 4.79 Å². The van der Waals surface area contributed by atoms with Gasteiger partial charge in [-0.1, -0.05) is 6.07 Å². The molecule has 0 aromatic carbocycles. The Bertz CT molecular complexity index is 696. The molecular weight excluding hydrogens is 292 g/mol. The summed E-state index contributed by atoms with van der Waals surface area (Å²) >= 11 is 0. The fourth-order valence-electron chi connectivity index (χ4n) is 2.88. The van der Waals surface area contributed by atoms with Crippen LogP contribution in [0.4, 0.5) is 4.79 Å². The lowest BCUT2D eigenvalue weighted by Crippen LogP contribution is -2.46. The van der Waals surface area contributed by atoms with Crippen LogP contribution in [0.15, 0.2) is 18.3 Å². The molecule has 2 amide bonds. The number of urea groups is 1. The number of rotatable bonds is 4. The minimum absolute atomic E-state index is 0.101. The average molecular weight is 314 g/mol.